The van der Waals surface area contributed by atoms with E-state index in [1.807, 2.05) is 13.1 Å². The molecule has 1 heterocycles. The van der Waals surface area contributed by atoms with E-state index in [0.717, 1.165) is 18.3 Å². The summed E-state index contributed by atoms with van der Waals surface area (Å²) >= 11 is 0. The smallest absolute Gasteiger partial charge is 0.103 e. The molecule has 90 valence electrons. The summed E-state index contributed by atoms with van der Waals surface area (Å²) in [6, 6.07) is 0.686. The number of aromatic nitrogens is 2. The Morgan fingerprint density at radius 3 is 2.94 bits per heavy atom. The van der Waals surface area contributed by atoms with Gasteiger partial charge in [-0.15, -0.1) is 0 Å². The highest BCUT2D eigenvalue weighted by atomic mass is 15.0. The summed E-state index contributed by atoms with van der Waals surface area (Å²) in [4.78, 5) is 7.49. The van der Waals surface area contributed by atoms with Gasteiger partial charge in [0.1, 0.15) is 5.82 Å². The van der Waals surface area contributed by atoms with Gasteiger partial charge in [-0.2, -0.15) is 0 Å². The van der Waals surface area contributed by atoms with Gasteiger partial charge >= 0.3 is 0 Å². The van der Waals surface area contributed by atoms with E-state index in [9.17, 15) is 0 Å². The molecule has 0 spiro atoms. The molecule has 16 heavy (non-hydrogen) atoms. The van der Waals surface area contributed by atoms with E-state index in [4.69, 9.17) is 0 Å². The molecule has 1 fully saturated rings. The van der Waals surface area contributed by atoms with Gasteiger partial charge in [-0.05, 0) is 25.7 Å². The molecule has 1 aromatic rings. The van der Waals surface area contributed by atoms with Crippen molar-refractivity contribution < 1.29 is 0 Å². The number of nitrogens with zero attached hydrogens (tertiary/aromatic N) is 1. The highest BCUT2D eigenvalue weighted by Crippen LogP contribution is 2.23. The molecule has 2 unspecified atom stereocenters. The Hall–Kier alpha value is -0.830. The minimum Gasteiger partial charge on any atom is -0.345 e. The van der Waals surface area contributed by atoms with E-state index >= 15 is 0 Å². The first-order valence-corrected chi connectivity index (χ1v) is 6.49. The van der Waals surface area contributed by atoms with Gasteiger partial charge in [-0.3, -0.25) is 0 Å². The van der Waals surface area contributed by atoms with E-state index in [2.05, 4.69) is 22.2 Å². The molecule has 2 rings (SSSR count). The molecule has 0 bridgehead atoms. The lowest BCUT2D eigenvalue weighted by atomic mass is 9.97. The van der Waals surface area contributed by atoms with E-state index in [1.54, 1.807) is 0 Å². The van der Waals surface area contributed by atoms with Crippen molar-refractivity contribution in [2.24, 2.45) is 5.92 Å². The molecule has 1 aliphatic rings. The quantitative estimate of drug-likeness (QED) is 0.771. The second kappa shape index (κ2) is 5.48. The molecule has 0 radical (unpaired) electrons. The first-order valence-electron chi connectivity index (χ1n) is 6.49. The fourth-order valence-corrected chi connectivity index (χ4v) is 2.60. The van der Waals surface area contributed by atoms with Crippen LogP contribution in [0.15, 0.2) is 6.20 Å². The van der Waals surface area contributed by atoms with E-state index in [0.29, 0.717) is 6.04 Å². The van der Waals surface area contributed by atoms with Gasteiger partial charge in [0.2, 0.25) is 0 Å². The average Bonchev–Trinajstić information content (AvgIpc) is 2.56. The van der Waals surface area contributed by atoms with E-state index < -0.39 is 0 Å². The number of hydrogen-bond donors (Lipinski definition) is 2. The standard InChI is InChI=1S/C13H23N3/c1-10-6-4-3-5-7-13(10)15-9-12-8-14-11(2)16-12/h8,10,13,15H,3-7,9H2,1-2H3,(H,14,16). The number of H-pyrrole nitrogens is 1. The third-order valence-electron chi connectivity index (χ3n) is 3.67. The van der Waals surface area contributed by atoms with Crippen LogP contribution < -0.4 is 5.32 Å². The van der Waals surface area contributed by atoms with Crippen LogP contribution in [0.4, 0.5) is 0 Å². The summed E-state index contributed by atoms with van der Waals surface area (Å²) in [5.74, 6) is 1.82. The molecule has 2 N–H and O–H groups in total. The molecule has 1 saturated carbocycles. The SMILES string of the molecule is Cc1ncc(CNC2CCCCCC2C)[nH]1. The Morgan fingerprint density at radius 2 is 2.19 bits per heavy atom. The summed E-state index contributed by atoms with van der Waals surface area (Å²) in [5, 5.41) is 3.67. The molecule has 3 nitrogen and oxygen atoms in total. The Morgan fingerprint density at radius 1 is 1.38 bits per heavy atom. The number of aryl methyl sites for hydroxylation is 1. The van der Waals surface area contributed by atoms with Crippen LogP contribution in [0.1, 0.15) is 50.5 Å². The summed E-state index contributed by atoms with van der Waals surface area (Å²) in [7, 11) is 0. The summed E-state index contributed by atoms with van der Waals surface area (Å²) in [6.45, 7) is 5.30. The molecule has 3 heteroatoms. The molecular formula is C13H23N3. The van der Waals surface area contributed by atoms with Crippen LogP contribution >= 0.6 is 0 Å². The second-order valence-corrected chi connectivity index (χ2v) is 5.10. The molecular weight excluding hydrogens is 198 g/mol. The highest BCUT2D eigenvalue weighted by Gasteiger charge is 2.19. The first kappa shape index (κ1) is 11.6. The van der Waals surface area contributed by atoms with Crippen LogP contribution in [-0.2, 0) is 6.54 Å². The van der Waals surface area contributed by atoms with Crippen LogP contribution in [0.25, 0.3) is 0 Å². The van der Waals surface area contributed by atoms with Crippen molar-refractivity contribution in [1.29, 1.82) is 0 Å². The number of rotatable bonds is 3. The summed E-state index contributed by atoms with van der Waals surface area (Å²) in [5.41, 5.74) is 1.20. The van der Waals surface area contributed by atoms with Crippen molar-refractivity contribution in [3.05, 3.63) is 17.7 Å². The zero-order valence-corrected chi connectivity index (χ0v) is 10.4. The Labute approximate surface area is 98.1 Å². The predicted octanol–water partition coefficient (Wildman–Crippen LogP) is 2.78. The van der Waals surface area contributed by atoms with Gasteiger partial charge in [0.25, 0.3) is 0 Å². The van der Waals surface area contributed by atoms with Crippen LogP contribution in [0, 0.1) is 12.8 Å². The highest BCUT2D eigenvalue weighted by molar-refractivity contribution is 4.99. The third kappa shape index (κ3) is 3.08. The maximum absolute atomic E-state index is 4.22. The van der Waals surface area contributed by atoms with Crippen LogP contribution in [0.2, 0.25) is 0 Å². The zero-order chi connectivity index (χ0) is 11.4. The van der Waals surface area contributed by atoms with Gasteiger partial charge < -0.3 is 10.3 Å². The number of imidazole rings is 1. The van der Waals surface area contributed by atoms with Crippen molar-refractivity contribution >= 4 is 0 Å². The normalized spacial score (nSPS) is 26.6. The van der Waals surface area contributed by atoms with Gasteiger partial charge in [0, 0.05) is 24.5 Å². The molecule has 0 aromatic carbocycles. The first-order chi connectivity index (χ1) is 7.75. The number of aromatic amines is 1. The molecule has 1 aliphatic carbocycles. The lowest BCUT2D eigenvalue weighted by molar-refractivity contribution is 0.355. The molecule has 1 aromatic heterocycles. The largest absolute Gasteiger partial charge is 0.345 e. The van der Waals surface area contributed by atoms with Gasteiger partial charge in [0.15, 0.2) is 0 Å². The number of nitrogens with one attached hydrogen (secondary N) is 2. The third-order valence-corrected chi connectivity index (χ3v) is 3.67. The fourth-order valence-electron chi connectivity index (χ4n) is 2.60. The molecule has 0 aliphatic heterocycles. The Kier molecular flexibility index (Phi) is 3.99. The topological polar surface area (TPSA) is 40.7 Å². The molecule has 2 atom stereocenters. The Bertz CT molecular complexity index is 319. The van der Waals surface area contributed by atoms with Crippen LogP contribution in [0.5, 0.6) is 0 Å². The van der Waals surface area contributed by atoms with Crippen molar-refractivity contribution in [1.82, 2.24) is 15.3 Å². The summed E-state index contributed by atoms with van der Waals surface area (Å²) in [6.07, 6.45) is 8.83. The van der Waals surface area contributed by atoms with Crippen molar-refractivity contribution in [2.45, 2.75) is 58.5 Å². The maximum Gasteiger partial charge on any atom is 0.103 e. The Balaban J connectivity index is 1.83. The van der Waals surface area contributed by atoms with E-state index in [-0.39, 0.29) is 0 Å². The van der Waals surface area contributed by atoms with Gasteiger partial charge in [-0.1, -0.05) is 26.2 Å². The van der Waals surface area contributed by atoms with Crippen molar-refractivity contribution in [2.75, 3.05) is 0 Å². The van der Waals surface area contributed by atoms with Gasteiger partial charge in [0.05, 0.1) is 0 Å². The van der Waals surface area contributed by atoms with Crippen molar-refractivity contribution in [3.8, 4) is 0 Å². The summed E-state index contributed by atoms with van der Waals surface area (Å²) < 4.78 is 0. The zero-order valence-electron chi connectivity index (χ0n) is 10.4. The van der Waals surface area contributed by atoms with Gasteiger partial charge in [-0.25, -0.2) is 4.98 Å². The minimum atomic E-state index is 0.686. The number of hydrogen-bond acceptors (Lipinski definition) is 2. The van der Waals surface area contributed by atoms with E-state index in [1.165, 1.54) is 37.8 Å². The maximum atomic E-state index is 4.22. The molecule has 0 saturated heterocycles. The lowest BCUT2D eigenvalue weighted by Crippen LogP contribution is -2.33. The monoisotopic (exact) mass is 221 g/mol. The average molecular weight is 221 g/mol. The molecule has 0 amide bonds. The van der Waals surface area contributed by atoms with Crippen LogP contribution in [0.3, 0.4) is 0 Å². The fraction of sp³-hybridized carbons (Fsp3) is 0.769. The van der Waals surface area contributed by atoms with Crippen LogP contribution in [-0.4, -0.2) is 16.0 Å². The predicted molar refractivity (Wildman–Crippen MR) is 66.2 cm³/mol. The minimum absolute atomic E-state index is 0.686. The van der Waals surface area contributed by atoms with Crippen molar-refractivity contribution in [3.63, 3.8) is 0 Å². The lowest BCUT2D eigenvalue weighted by Gasteiger charge is -2.22. The second-order valence-electron chi connectivity index (χ2n) is 5.10.